The molecule has 4 heteroatoms. The maximum Gasteiger partial charge on any atom is 0.317 e. The third-order valence-corrected chi connectivity index (χ3v) is 4.18. The Labute approximate surface area is 108 Å². The van der Waals surface area contributed by atoms with E-state index in [9.17, 15) is 4.79 Å². The molecule has 0 aliphatic heterocycles. The second-order valence-corrected chi connectivity index (χ2v) is 5.61. The summed E-state index contributed by atoms with van der Waals surface area (Å²) >= 11 is 3.97. The zero-order chi connectivity index (χ0) is 12.2. The van der Waals surface area contributed by atoms with Gasteiger partial charge in [0.25, 0.3) is 0 Å². The number of aliphatic carboxylic acids is 1. The summed E-state index contributed by atoms with van der Waals surface area (Å²) in [7, 11) is 1.15. The van der Waals surface area contributed by atoms with Crippen molar-refractivity contribution in [3.63, 3.8) is 0 Å². The molecule has 0 fully saturated rings. The molecule has 0 saturated carbocycles. The van der Waals surface area contributed by atoms with E-state index in [1.54, 1.807) is 0 Å². The van der Waals surface area contributed by atoms with Crippen LogP contribution >= 0.6 is 22.5 Å². The second kappa shape index (κ2) is 11.6. The van der Waals surface area contributed by atoms with Crippen molar-refractivity contribution < 1.29 is 9.90 Å². The first-order valence-corrected chi connectivity index (χ1v) is 8.18. The number of hydrogen-bond donors (Lipinski definition) is 2. The highest BCUT2D eigenvalue weighted by Gasteiger charge is 2.15. The van der Waals surface area contributed by atoms with E-state index >= 15 is 0 Å². The van der Waals surface area contributed by atoms with Crippen molar-refractivity contribution in [2.24, 2.45) is 0 Å². The van der Waals surface area contributed by atoms with Crippen molar-refractivity contribution in [2.75, 3.05) is 0 Å². The number of carboxylic acids is 1. The van der Waals surface area contributed by atoms with E-state index in [1.165, 1.54) is 38.5 Å². The monoisotopic (exact) mass is 264 g/mol. The Bertz CT molecular complexity index is 174. The Hall–Kier alpha value is 0.170. The van der Waals surface area contributed by atoms with E-state index in [0.29, 0.717) is 0 Å². The molecule has 16 heavy (non-hydrogen) atoms. The van der Waals surface area contributed by atoms with Crippen LogP contribution in [0.3, 0.4) is 0 Å². The number of rotatable bonds is 11. The molecule has 0 aliphatic rings. The van der Waals surface area contributed by atoms with Crippen molar-refractivity contribution in [3.05, 3.63) is 0 Å². The maximum atomic E-state index is 10.7. The van der Waals surface area contributed by atoms with Gasteiger partial charge >= 0.3 is 5.97 Å². The molecule has 0 aromatic heterocycles. The molecule has 0 aromatic rings. The van der Waals surface area contributed by atoms with E-state index in [0.717, 1.165) is 30.1 Å². The van der Waals surface area contributed by atoms with Crippen LogP contribution in [0.15, 0.2) is 0 Å². The Kier molecular flexibility index (Phi) is 11.8. The topological polar surface area (TPSA) is 37.3 Å². The lowest BCUT2D eigenvalue weighted by atomic mass is 10.1. The van der Waals surface area contributed by atoms with Crippen LogP contribution in [0.25, 0.3) is 0 Å². The van der Waals surface area contributed by atoms with Gasteiger partial charge in [-0.1, -0.05) is 69.1 Å². The summed E-state index contributed by atoms with van der Waals surface area (Å²) in [5, 5.41) is 8.47. The van der Waals surface area contributed by atoms with Gasteiger partial charge < -0.3 is 5.11 Å². The summed E-state index contributed by atoms with van der Waals surface area (Å²) in [6, 6.07) is 0. The Morgan fingerprint density at radius 1 is 1.12 bits per heavy atom. The largest absolute Gasteiger partial charge is 0.480 e. The fourth-order valence-corrected chi connectivity index (χ4v) is 2.63. The molecule has 0 radical (unpaired) electrons. The van der Waals surface area contributed by atoms with Crippen LogP contribution in [0.5, 0.6) is 0 Å². The van der Waals surface area contributed by atoms with Gasteiger partial charge in [0, 0.05) is 0 Å². The molecule has 1 atom stereocenters. The first-order valence-electron chi connectivity index (χ1n) is 6.25. The molecular weight excluding hydrogens is 240 g/mol. The van der Waals surface area contributed by atoms with Gasteiger partial charge in [0.15, 0.2) is 0 Å². The van der Waals surface area contributed by atoms with Crippen molar-refractivity contribution >= 4 is 28.4 Å². The van der Waals surface area contributed by atoms with Crippen molar-refractivity contribution in [3.8, 4) is 0 Å². The van der Waals surface area contributed by atoms with Crippen LogP contribution in [0.1, 0.15) is 64.7 Å². The van der Waals surface area contributed by atoms with E-state index in [2.05, 4.69) is 18.6 Å². The van der Waals surface area contributed by atoms with Gasteiger partial charge in [0.1, 0.15) is 5.25 Å². The van der Waals surface area contributed by atoms with Gasteiger partial charge in [0.05, 0.1) is 0 Å². The van der Waals surface area contributed by atoms with Crippen LogP contribution in [0.4, 0.5) is 0 Å². The number of unbranched alkanes of at least 4 members (excludes halogenated alkanes) is 7. The molecule has 0 amide bonds. The Morgan fingerprint density at radius 2 is 1.62 bits per heavy atom. The molecule has 0 bridgehead atoms. The number of thiol groups is 1. The van der Waals surface area contributed by atoms with Crippen LogP contribution in [0, 0.1) is 0 Å². The number of carbonyl (C=O) groups is 1. The summed E-state index contributed by atoms with van der Waals surface area (Å²) in [4.78, 5) is 10.7. The normalized spacial score (nSPS) is 12.6. The molecular formula is C12H24O2S2. The molecule has 0 heterocycles. The van der Waals surface area contributed by atoms with Gasteiger partial charge in [-0.2, -0.15) is 0 Å². The molecule has 0 saturated heterocycles. The van der Waals surface area contributed by atoms with E-state index < -0.39 is 5.97 Å². The Balaban J connectivity index is 3.22. The average molecular weight is 264 g/mol. The fraction of sp³-hybridized carbons (Fsp3) is 0.917. The minimum absolute atomic E-state index is 0.330. The molecule has 1 unspecified atom stereocenters. The van der Waals surface area contributed by atoms with Crippen LogP contribution in [0.2, 0.25) is 0 Å². The second-order valence-electron chi connectivity index (χ2n) is 4.20. The summed E-state index contributed by atoms with van der Waals surface area (Å²) in [6.07, 6.45) is 10.8. The molecule has 1 N–H and O–H groups in total. The van der Waals surface area contributed by atoms with E-state index in [1.807, 2.05) is 0 Å². The summed E-state index contributed by atoms with van der Waals surface area (Å²) in [6.45, 7) is 2.22. The van der Waals surface area contributed by atoms with Crippen LogP contribution in [-0.4, -0.2) is 16.3 Å². The van der Waals surface area contributed by atoms with Crippen molar-refractivity contribution in [1.82, 2.24) is 0 Å². The highest BCUT2D eigenvalue weighted by molar-refractivity contribution is 8.69. The van der Waals surface area contributed by atoms with Gasteiger partial charge in [0.2, 0.25) is 0 Å². The summed E-state index contributed by atoms with van der Waals surface area (Å²) in [5.74, 6) is -0.733. The van der Waals surface area contributed by atoms with Crippen molar-refractivity contribution in [1.29, 1.82) is 0 Å². The van der Waals surface area contributed by atoms with Crippen molar-refractivity contribution in [2.45, 2.75) is 70.0 Å². The SMILES string of the molecule is CCCCCCCCCCC(SS)C(=O)O. The summed E-state index contributed by atoms with van der Waals surface area (Å²) < 4.78 is 0. The standard InChI is InChI=1S/C12H24O2S2/c1-2-3-4-5-6-7-8-9-10-11(16-15)12(13)14/h11,15H,2-10H2,1H3,(H,13,14). The lowest BCUT2D eigenvalue weighted by Crippen LogP contribution is -2.14. The highest BCUT2D eigenvalue weighted by atomic mass is 33.1. The first-order chi connectivity index (χ1) is 7.72. The molecule has 0 aliphatic carbocycles. The molecule has 2 nitrogen and oxygen atoms in total. The summed E-state index contributed by atoms with van der Waals surface area (Å²) in [5.41, 5.74) is 0. The molecule has 0 spiro atoms. The highest BCUT2D eigenvalue weighted by Crippen LogP contribution is 2.21. The minimum Gasteiger partial charge on any atom is -0.480 e. The number of hydrogen-bond acceptors (Lipinski definition) is 3. The van der Waals surface area contributed by atoms with Gasteiger partial charge in [-0.25, -0.2) is 0 Å². The minimum atomic E-state index is -0.733. The third kappa shape index (κ3) is 9.40. The molecule has 0 rings (SSSR count). The van der Waals surface area contributed by atoms with Gasteiger partial charge in [-0.3, -0.25) is 4.79 Å². The van der Waals surface area contributed by atoms with Gasteiger partial charge in [-0.15, -0.1) is 11.7 Å². The fourth-order valence-electron chi connectivity index (χ4n) is 1.68. The Morgan fingerprint density at radius 3 is 2.06 bits per heavy atom. The lowest BCUT2D eigenvalue weighted by molar-refractivity contribution is -0.136. The molecule has 96 valence electrons. The first kappa shape index (κ1) is 16.2. The van der Waals surface area contributed by atoms with Gasteiger partial charge in [-0.05, 0) is 6.42 Å². The smallest absolute Gasteiger partial charge is 0.317 e. The maximum absolute atomic E-state index is 10.7. The number of carboxylic acid groups (broad SMARTS) is 1. The lowest BCUT2D eigenvalue weighted by Gasteiger charge is -2.07. The van der Waals surface area contributed by atoms with Crippen LogP contribution < -0.4 is 0 Å². The third-order valence-electron chi connectivity index (χ3n) is 2.72. The average Bonchev–Trinajstić information content (AvgIpc) is 2.26. The quantitative estimate of drug-likeness (QED) is 0.326. The zero-order valence-electron chi connectivity index (χ0n) is 10.2. The predicted molar refractivity (Wildman–Crippen MR) is 75.2 cm³/mol. The van der Waals surface area contributed by atoms with E-state index in [-0.39, 0.29) is 5.25 Å². The predicted octanol–water partition coefficient (Wildman–Crippen LogP) is 4.55. The molecule has 0 aromatic carbocycles. The van der Waals surface area contributed by atoms with E-state index in [4.69, 9.17) is 5.11 Å². The zero-order valence-corrected chi connectivity index (χ0v) is 11.9. The van der Waals surface area contributed by atoms with Crippen LogP contribution in [-0.2, 0) is 4.79 Å².